The zero-order valence-electron chi connectivity index (χ0n) is 5.11. The molecule has 0 aromatic carbocycles. The Kier molecular flexibility index (Phi) is 5.65. The molecular formula is C3H9AsO5. The Balaban J connectivity index is 0. The fraction of sp³-hybridized carbons (Fsp3) is 0.667. The Labute approximate surface area is 55.0 Å². The van der Waals surface area contributed by atoms with Gasteiger partial charge < -0.3 is 10.2 Å². The van der Waals surface area contributed by atoms with Gasteiger partial charge in [0.1, 0.15) is 0 Å². The molecule has 0 aliphatic carbocycles. The summed E-state index contributed by atoms with van der Waals surface area (Å²) in [5.41, 5.74) is 2.72. The number of rotatable bonds is 0. The summed E-state index contributed by atoms with van der Waals surface area (Å²) in [5.74, 6) is 0. The molecule has 0 bridgehead atoms. The van der Waals surface area contributed by atoms with Crippen LogP contribution in [0.15, 0.2) is 0 Å². The minimum absolute atomic E-state index is 1.36. The van der Waals surface area contributed by atoms with Crippen LogP contribution in [-0.4, -0.2) is 34.3 Å². The zero-order chi connectivity index (χ0) is 8.08. The van der Waals surface area contributed by atoms with Gasteiger partial charge in [-0.05, 0) is 0 Å². The fourth-order valence-electron chi connectivity index (χ4n) is 0. The average Bonchev–Trinajstić information content (AvgIpc) is 1.19. The van der Waals surface area contributed by atoms with Crippen LogP contribution < -0.4 is 0 Å². The van der Waals surface area contributed by atoms with Crippen molar-refractivity contribution in [2.45, 2.75) is 11.4 Å². The van der Waals surface area contributed by atoms with Crippen molar-refractivity contribution in [3.05, 3.63) is 0 Å². The first-order valence-electron chi connectivity index (χ1n) is 1.93. The molecule has 0 saturated carbocycles. The van der Waals surface area contributed by atoms with E-state index in [-0.39, 0.29) is 0 Å². The molecule has 0 aromatic rings. The van der Waals surface area contributed by atoms with Crippen molar-refractivity contribution < 1.29 is 22.8 Å². The molecule has 0 fully saturated rings. The SMILES string of the molecule is C[As](C)(=O)O.O=C(O)O. The summed E-state index contributed by atoms with van der Waals surface area (Å²) in [5, 5.41) is 13.9. The van der Waals surface area contributed by atoms with Crippen molar-refractivity contribution in [1.82, 2.24) is 0 Å². The molecule has 0 heterocycles. The molecule has 0 radical (unpaired) electrons. The number of hydrogen-bond acceptors (Lipinski definition) is 2. The third-order valence-corrected chi connectivity index (χ3v) is 0. The van der Waals surface area contributed by atoms with E-state index in [2.05, 4.69) is 0 Å². The Morgan fingerprint density at radius 1 is 1.33 bits per heavy atom. The van der Waals surface area contributed by atoms with E-state index in [9.17, 15) is 3.74 Å². The first kappa shape index (κ1) is 11.4. The summed E-state index contributed by atoms with van der Waals surface area (Å²) < 4.78 is 18.0. The van der Waals surface area contributed by atoms with Crippen LogP contribution in [0.5, 0.6) is 0 Å². The molecule has 0 aromatic heterocycles. The van der Waals surface area contributed by atoms with Crippen LogP contribution in [0, 0.1) is 0 Å². The Bertz CT molecular complexity index is 112. The second kappa shape index (κ2) is 4.47. The molecule has 0 unspecified atom stereocenters. The smallest absolute Gasteiger partial charge is 0.450 e. The normalized spacial score (nSPS) is 9.22. The van der Waals surface area contributed by atoms with Gasteiger partial charge in [-0.25, -0.2) is 4.79 Å². The third kappa shape index (κ3) is 1400. The van der Waals surface area contributed by atoms with Crippen molar-refractivity contribution >= 4 is 20.0 Å². The predicted octanol–water partition coefficient (Wildman–Crippen LogP) is 0.333. The molecule has 3 N–H and O–H groups in total. The molecule has 0 saturated heterocycles. The standard InChI is InChI=1S/C2H7AsO2.CH2O3/c1-3(2,4)5;2-1(3)4/h1-2H3,(H,4,5);(H2,2,3,4). The Morgan fingerprint density at radius 3 is 1.33 bits per heavy atom. The molecule has 0 amide bonds. The fourth-order valence-corrected chi connectivity index (χ4v) is 0. The molecule has 9 heavy (non-hydrogen) atoms. The van der Waals surface area contributed by atoms with E-state index in [1.165, 1.54) is 11.4 Å². The van der Waals surface area contributed by atoms with Crippen LogP contribution in [0.3, 0.4) is 0 Å². The van der Waals surface area contributed by atoms with Crippen molar-refractivity contribution in [2.75, 3.05) is 0 Å². The maximum absolute atomic E-state index is 9.83. The topological polar surface area (TPSA) is 94.8 Å². The molecule has 0 aliphatic rings. The van der Waals surface area contributed by atoms with Crippen LogP contribution in [-0.2, 0) is 3.74 Å². The monoisotopic (exact) mass is 200 g/mol. The van der Waals surface area contributed by atoms with Crippen LogP contribution in [0.1, 0.15) is 0 Å². The minimum atomic E-state index is -3.12. The third-order valence-electron chi connectivity index (χ3n) is 0. The van der Waals surface area contributed by atoms with E-state index in [0.717, 1.165) is 0 Å². The van der Waals surface area contributed by atoms with Gasteiger partial charge in [-0.2, -0.15) is 0 Å². The Hall–Kier alpha value is -0.412. The van der Waals surface area contributed by atoms with Crippen molar-refractivity contribution in [1.29, 1.82) is 0 Å². The van der Waals surface area contributed by atoms with Crippen molar-refractivity contribution in [3.8, 4) is 0 Å². The summed E-state index contributed by atoms with van der Waals surface area (Å²) >= 11 is -3.12. The zero-order valence-corrected chi connectivity index (χ0v) is 6.98. The molecule has 0 rings (SSSR count). The van der Waals surface area contributed by atoms with Crippen LogP contribution >= 0.6 is 0 Å². The molecule has 6 heteroatoms. The van der Waals surface area contributed by atoms with Gasteiger partial charge in [0.15, 0.2) is 0 Å². The number of carboxylic acid groups (broad SMARTS) is 2. The number of hydrogen-bond donors (Lipinski definition) is 3. The first-order chi connectivity index (χ1) is 3.73. The first-order valence-corrected chi connectivity index (χ1v) is 7.29. The van der Waals surface area contributed by atoms with Gasteiger partial charge in [-0.1, -0.05) is 0 Å². The van der Waals surface area contributed by atoms with Crippen molar-refractivity contribution in [2.24, 2.45) is 0 Å². The van der Waals surface area contributed by atoms with Crippen LogP contribution in [0.2, 0.25) is 11.4 Å². The van der Waals surface area contributed by atoms with E-state index >= 15 is 0 Å². The van der Waals surface area contributed by atoms with Gasteiger partial charge in [-0.15, -0.1) is 0 Å². The molecule has 0 spiro atoms. The van der Waals surface area contributed by atoms with Crippen LogP contribution in [0.4, 0.5) is 4.79 Å². The van der Waals surface area contributed by atoms with Gasteiger partial charge in [0.05, 0.1) is 0 Å². The molecule has 0 atom stereocenters. The second-order valence-electron chi connectivity index (χ2n) is 1.58. The van der Waals surface area contributed by atoms with Gasteiger partial charge in [0.2, 0.25) is 0 Å². The van der Waals surface area contributed by atoms with Gasteiger partial charge in [-0.3, -0.25) is 0 Å². The summed E-state index contributed by atoms with van der Waals surface area (Å²) in [6, 6.07) is 0. The molecule has 0 aliphatic heterocycles. The summed E-state index contributed by atoms with van der Waals surface area (Å²) in [4.78, 5) is 8.56. The van der Waals surface area contributed by atoms with Gasteiger partial charge >= 0.3 is 39.2 Å². The Morgan fingerprint density at radius 2 is 1.33 bits per heavy atom. The quantitative estimate of drug-likeness (QED) is 0.490. The largest absolute Gasteiger partial charge is 0.503 e. The maximum Gasteiger partial charge on any atom is 0.503 e. The van der Waals surface area contributed by atoms with Gasteiger partial charge in [0.25, 0.3) is 0 Å². The predicted molar refractivity (Wildman–Crippen MR) is 31.0 cm³/mol. The maximum atomic E-state index is 9.83. The van der Waals surface area contributed by atoms with Crippen molar-refractivity contribution in [3.63, 3.8) is 0 Å². The van der Waals surface area contributed by atoms with E-state index in [1.807, 2.05) is 0 Å². The second-order valence-corrected chi connectivity index (χ2v) is 7.01. The summed E-state index contributed by atoms with van der Waals surface area (Å²) in [6.07, 6.45) is -1.83. The van der Waals surface area contributed by atoms with E-state index in [1.54, 1.807) is 0 Å². The van der Waals surface area contributed by atoms with E-state index in [4.69, 9.17) is 19.1 Å². The minimum Gasteiger partial charge on any atom is -0.450 e. The summed E-state index contributed by atoms with van der Waals surface area (Å²) in [6.45, 7) is 0. The number of carbonyl (C=O) groups is 1. The van der Waals surface area contributed by atoms with E-state index < -0.39 is 20.0 Å². The molecular weight excluding hydrogens is 191 g/mol. The summed E-state index contributed by atoms with van der Waals surface area (Å²) in [7, 11) is 0. The molecule has 56 valence electrons. The average molecular weight is 200 g/mol. The van der Waals surface area contributed by atoms with E-state index in [0.29, 0.717) is 0 Å². The van der Waals surface area contributed by atoms with Crippen LogP contribution in [0.25, 0.3) is 0 Å². The van der Waals surface area contributed by atoms with Gasteiger partial charge in [0, 0.05) is 0 Å². The molecule has 5 nitrogen and oxygen atoms in total.